The van der Waals surface area contributed by atoms with E-state index in [4.69, 9.17) is 14.2 Å². The Bertz CT molecular complexity index is 949. The first-order valence-electron chi connectivity index (χ1n) is 15.6. The molecular weight excluding hydrogens is 496 g/mol. The van der Waals surface area contributed by atoms with Crippen LogP contribution in [0.3, 0.4) is 0 Å². The van der Waals surface area contributed by atoms with Crippen molar-refractivity contribution in [2.45, 2.75) is 149 Å². The van der Waals surface area contributed by atoms with E-state index in [1.165, 1.54) is 19.8 Å². The number of hydrogen-bond acceptors (Lipinski definition) is 7. The molecule has 5 rings (SSSR count). The highest BCUT2D eigenvalue weighted by Crippen LogP contribution is 2.69. The largest absolute Gasteiger partial charge is 0.460 e. The van der Waals surface area contributed by atoms with Gasteiger partial charge in [-0.05, 0) is 119 Å². The van der Waals surface area contributed by atoms with Gasteiger partial charge in [-0.3, -0.25) is 4.79 Å². The highest BCUT2D eigenvalue weighted by Gasteiger charge is 2.69. The number of ether oxygens (including phenoxy) is 3. The summed E-state index contributed by atoms with van der Waals surface area (Å²) in [6.07, 6.45) is 7.58. The number of aliphatic hydroxyl groups excluding tert-OH is 2. The molecule has 1 aliphatic heterocycles. The molecule has 0 aromatic carbocycles. The molecule has 5 aliphatic rings. The van der Waals surface area contributed by atoms with Crippen LogP contribution < -0.4 is 0 Å². The average Bonchev–Trinajstić information content (AvgIpc) is 3.20. The van der Waals surface area contributed by atoms with E-state index in [0.29, 0.717) is 30.1 Å². The van der Waals surface area contributed by atoms with Crippen molar-refractivity contribution in [2.24, 2.45) is 46.3 Å². The second-order valence-corrected chi connectivity index (χ2v) is 15.5. The van der Waals surface area contributed by atoms with Crippen LogP contribution >= 0.6 is 0 Å². The smallest absolute Gasteiger partial charge is 0.303 e. The monoisotopic (exact) mass is 550 g/mol. The van der Waals surface area contributed by atoms with Gasteiger partial charge in [-0.1, -0.05) is 20.8 Å². The van der Waals surface area contributed by atoms with Crippen LogP contribution in [0.15, 0.2) is 0 Å². The van der Waals surface area contributed by atoms with Gasteiger partial charge in [-0.15, -0.1) is 0 Å². The van der Waals surface area contributed by atoms with Gasteiger partial charge in [-0.25, -0.2) is 0 Å². The van der Waals surface area contributed by atoms with Crippen molar-refractivity contribution in [3.8, 4) is 0 Å². The number of carbonyl (C=O) groups is 1. The maximum Gasteiger partial charge on any atom is 0.303 e. The molecule has 4 aliphatic carbocycles. The summed E-state index contributed by atoms with van der Waals surface area (Å²) in [6, 6.07) is 0. The van der Waals surface area contributed by atoms with Crippen LogP contribution in [-0.4, -0.2) is 56.8 Å². The Hall–Kier alpha value is -0.730. The second-order valence-electron chi connectivity index (χ2n) is 15.5. The number of esters is 1. The molecule has 0 amide bonds. The molecule has 7 heteroatoms. The Labute approximate surface area is 235 Å². The number of hydrogen-bond donors (Lipinski definition) is 3. The van der Waals surface area contributed by atoms with Crippen molar-refractivity contribution < 1.29 is 34.3 Å². The van der Waals surface area contributed by atoms with Gasteiger partial charge in [-0.2, -0.15) is 0 Å². The van der Waals surface area contributed by atoms with Gasteiger partial charge in [0.15, 0.2) is 0 Å². The molecule has 0 aromatic heterocycles. The van der Waals surface area contributed by atoms with Crippen LogP contribution in [0.25, 0.3) is 0 Å². The molecule has 0 aromatic rings. The quantitative estimate of drug-likeness (QED) is 0.405. The van der Waals surface area contributed by atoms with Gasteiger partial charge >= 0.3 is 5.97 Å². The van der Waals surface area contributed by atoms with Gasteiger partial charge in [0.25, 0.3) is 5.97 Å². The maximum atomic E-state index is 11.8. The molecule has 0 radical (unpaired) electrons. The van der Waals surface area contributed by atoms with Crippen molar-refractivity contribution in [3.05, 3.63) is 0 Å². The Balaban J connectivity index is 1.42. The van der Waals surface area contributed by atoms with Crippen molar-refractivity contribution in [3.63, 3.8) is 0 Å². The first-order valence-corrected chi connectivity index (χ1v) is 15.6. The summed E-state index contributed by atoms with van der Waals surface area (Å²) >= 11 is 0. The molecule has 1 saturated heterocycles. The molecule has 224 valence electrons. The van der Waals surface area contributed by atoms with Gasteiger partial charge in [0.2, 0.25) is 0 Å². The minimum absolute atomic E-state index is 0.0574. The molecule has 7 nitrogen and oxygen atoms in total. The SMILES string of the molecule is CC(=O)OC(C)(C)C(C)C[C@H]1OC(C)(O)O[C@@]1(C)[C@H]1[C@@H](O)C[C@H]2[C@@H]3CC[C@H]4C[C@H](O)CC[C@]4(C)[C@H]3CC[C@@]21C. The lowest BCUT2D eigenvalue weighted by Gasteiger charge is -2.61. The van der Waals surface area contributed by atoms with Crippen LogP contribution in [-0.2, 0) is 19.0 Å². The lowest BCUT2D eigenvalue weighted by atomic mass is 9.44. The van der Waals surface area contributed by atoms with Crippen molar-refractivity contribution >= 4 is 5.97 Å². The summed E-state index contributed by atoms with van der Waals surface area (Å²) in [6.45, 7) is 15.7. The van der Waals surface area contributed by atoms with Crippen molar-refractivity contribution in [1.82, 2.24) is 0 Å². The van der Waals surface area contributed by atoms with E-state index < -0.39 is 29.4 Å². The van der Waals surface area contributed by atoms with E-state index >= 15 is 0 Å². The lowest BCUT2D eigenvalue weighted by molar-refractivity contribution is -0.319. The molecule has 0 bridgehead atoms. The Morgan fingerprint density at radius 3 is 2.33 bits per heavy atom. The first kappa shape index (κ1) is 29.8. The fraction of sp³-hybridized carbons (Fsp3) is 0.969. The van der Waals surface area contributed by atoms with E-state index in [0.717, 1.165) is 38.5 Å². The summed E-state index contributed by atoms with van der Waals surface area (Å²) in [5.74, 6) is -0.127. The average molecular weight is 551 g/mol. The minimum Gasteiger partial charge on any atom is -0.460 e. The van der Waals surface area contributed by atoms with Crippen LogP contribution in [0, 0.1) is 46.3 Å². The highest BCUT2D eigenvalue weighted by atomic mass is 16.9. The van der Waals surface area contributed by atoms with Crippen molar-refractivity contribution in [1.29, 1.82) is 0 Å². The standard InChI is InChI=1S/C32H54O7/c1-18(28(3,4)37-19(2)33)15-26-31(7,39-32(8,36)38-26)27-25(35)17-24-22-10-9-20-16-21(34)11-13-29(20,5)23(22)12-14-30(24,27)6/h18,20-27,34-36H,9-17H2,1-8H3/t18?,20-,21+,22+,23-,24-,25-,26+,27-,29-,30-,31+,32?/m0/s1. The van der Waals surface area contributed by atoms with Gasteiger partial charge < -0.3 is 29.5 Å². The fourth-order valence-corrected chi connectivity index (χ4v) is 10.8. The Morgan fingerprint density at radius 2 is 1.67 bits per heavy atom. The summed E-state index contributed by atoms with van der Waals surface area (Å²) in [5.41, 5.74) is -1.46. The van der Waals surface area contributed by atoms with Crippen LogP contribution in [0.4, 0.5) is 0 Å². The molecule has 2 unspecified atom stereocenters. The third kappa shape index (κ3) is 4.80. The Kier molecular flexibility index (Phi) is 7.36. The molecule has 39 heavy (non-hydrogen) atoms. The van der Waals surface area contributed by atoms with Crippen LogP contribution in [0.5, 0.6) is 0 Å². The third-order valence-electron chi connectivity index (χ3n) is 12.9. The predicted octanol–water partition coefficient (Wildman–Crippen LogP) is 5.19. The molecule has 1 heterocycles. The topological polar surface area (TPSA) is 105 Å². The zero-order chi connectivity index (χ0) is 28.8. The molecule has 5 fully saturated rings. The molecule has 13 atom stereocenters. The highest BCUT2D eigenvalue weighted by molar-refractivity contribution is 5.66. The zero-order valence-corrected chi connectivity index (χ0v) is 25.5. The van der Waals surface area contributed by atoms with Crippen LogP contribution in [0.2, 0.25) is 0 Å². The second kappa shape index (κ2) is 9.65. The van der Waals surface area contributed by atoms with E-state index in [9.17, 15) is 20.1 Å². The molecular formula is C32H54O7. The molecule has 4 saturated carbocycles. The van der Waals surface area contributed by atoms with Gasteiger partial charge in [0, 0.05) is 19.8 Å². The normalized spacial score (nSPS) is 52.5. The minimum atomic E-state index is -1.75. The van der Waals surface area contributed by atoms with Crippen LogP contribution in [0.1, 0.15) is 113 Å². The summed E-state index contributed by atoms with van der Waals surface area (Å²) < 4.78 is 18.2. The number of rotatable bonds is 5. The Morgan fingerprint density at radius 1 is 1.00 bits per heavy atom. The van der Waals surface area contributed by atoms with Gasteiger partial charge in [0.1, 0.15) is 11.2 Å². The molecule has 3 N–H and O–H groups in total. The van der Waals surface area contributed by atoms with E-state index in [-0.39, 0.29) is 34.7 Å². The number of carbonyl (C=O) groups excluding carboxylic acids is 1. The van der Waals surface area contributed by atoms with E-state index in [2.05, 4.69) is 13.8 Å². The molecule has 0 spiro atoms. The summed E-state index contributed by atoms with van der Waals surface area (Å²) in [7, 11) is 0. The van der Waals surface area contributed by atoms with E-state index in [1.54, 1.807) is 6.92 Å². The first-order chi connectivity index (χ1) is 17.9. The predicted molar refractivity (Wildman–Crippen MR) is 147 cm³/mol. The van der Waals surface area contributed by atoms with Crippen molar-refractivity contribution in [2.75, 3.05) is 0 Å². The fourth-order valence-electron chi connectivity index (χ4n) is 10.8. The summed E-state index contributed by atoms with van der Waals surface area (Å²) in [5, 5.41) is 33.2. The zero-order valence-electron chi connectivity index (χ0n) is 25.5. The van der Waals surface area contributed by atoms with Gasteiger partial charge in [0.05, 0.1) is 18.3 Å². The number of aliphatic hydroxyl groups is 3. The summed E-state index contributed by atoms with van der Waals surface area (Å²) in [4.78, 5) is 11.8. The lowest BCUT2D eigenvalue weighted by Crippen LogP contribution is -2.58. The number of fused-ring (bicyclic) bond motifs is 5. The maximum absolute atomic E-state index is 11.8. The third-order valence-corrected chi connectivity index (χ3v) is 12.9. The van der Waals surface area contributed by atoms with E-state index in [1.807, 2.05) is 27.7 Å².